The third-order valence-electron chi connectivity index (χ3n) is 5.34. The second-order valence-corrected chi connectivity index (χ2v) is 7.57. The molecule has 8 nitrogen and oxygen atoms in total. The summed E-state index contributed by atoms with van der Waals surface area (Å²) in [6.45, 7) is 0.616. The van der Waals surface area contributed by atoms with Crippen molar-refractivity contribution in [3.05, 3.63) is 89.4 Å². The van der Waals surface area contributed by atoms with E-state index in [-0.39, 0.29) is 17.6 Å². The molecule has 1 N–H and O–H groups in total. The zero-order chi connectivity index (χ0) is 21.2. The summed E-state index contributed by atoms with van der Waals surface area (Å²) in [5, 5.41) is 7.40. The zero-order valence-corrected chi connectivity index (χ0v) is 16.9. The maximum atomic E-state index is 12.9. The van der Waals surface area contributed by atoms with Gasteiger partial charge in [0.1, 0.15) is 0 Å². The molecule has 31 heavy (non-hydrogen) atoms. The lowest BCUT2D eigenvalue weighted by atomic mass is 10.2. The van der Waals surface area contributed by atoms with Crippen LogP contribution in [-0.4, -0.2) is 36.4 Å². The van der Waals surface area contributed by atoms with E-state index in [9.17, 15) is 9.59 Å². The van der Waals surface area contributed by atoms with Gasteiger partial charge in [0.25, 0.3) is 5.91 Å². The Morgan fingerprint density at radius 2 is 1.84 bits per heavy atom. The third-order valence-corrected chi connectivity index (χ3v) is 5.34. The Hall–Kier alpha value is -3.94. The van der Waals surface area contributed by atoms with E-state index in [0.717, 1.165) is 24.1 Å². The molecule has 0 radical (unpaired) electrons. The van der Waals surface area contributed by atoms with Crippen molar-refractivity contribution in [2.45, 2.75) is 25.4 Å². The summed E-state index contributed by atoms with van der Waals surface area (Å²) in [6, 6.07) is 15.2. The Kier molecular flexibility index (Phi) is 4.95. The minimum Gasteiger partial charge on any atom is -0.350 e. The molecule has 1 aromatic carbocycles. The summed E-state index contributed by atoms with van der Waals surface area (Å²) in [5.41, 5.74) is 2.23. The number of aromatic nitrogens is 5. The molecule has 1 fully saturated rings. The lowest BCUT2D eigenvalue weighted by Gasteiger charge is -2.07. The molecule has 0 spiro atoms. The SMILES string of the molecule is O=C(NCCn1nc(-c2cccnc2)n(C2CC2)c1=O)c1ccc(-n2cccc2)cc1. The van der Waals surface area contributed by atoms with Gasteiger partial charge in [0, 0.05) is 54.2 Å². The molecule has 3 heterocycles. The molecule has 5 rings (SSSR count). The van der Waals surface area contributed by atoms with E-state index in [1.165, 1.54) is 4.68 Å². The minimum atomic E-state index is -0.179. The Morgan fingerprint density at radius 3 is 2.52 bits per heavy atom. The van der Waals surface area contributed by atoms with Crippen molar-refractivity contribution < 1.29 is 4.79 Å². The minimum absolute atomic E-state index is 0.147. The summed E-state index contributed by atoms with van der Waals surface area (Å²) in [6.07, 6.45) is 9.27. The molecule has 1 aliphatic carbocycles. The van der Waals surface area contributed by atoms with Crippen molar-refractivity contribution in [3.8, 4) is 17.1 Å². The maximum absolute atomic E-state index is 12.9. The van der Waals surface area contributed by atoms with E-state index in [1.54, 1.807) is 29.1 Å². The highest BCUT2D eigenvalue weighted by Crippen LogP contribution is 2.36. The molecule has 0 saturated heterocycles. The molecule has 0 aliphatic heterocycles. The average Bonchev–Trinajstić information content (AvgIpc) is 3.38. The predicted octanol–water partition coefficient (Wildman–Crippen LogP) is 2.66. The molecule has 3 aromatic heterocycles. The zero-order valence-electron chi connectivity index (χ0n) is 16.9. The van der Waals surface area contributed by atoms with Crippen LogP contribution >= 0.6 is 0 Å². The number of carbonyl (C=O) groups excluding carboxylic acids is 1. The van der Waals surface area contributed by atoms with E-state index in [4.69, 9.17) is 0 Å². The normalized spacial score (nSPS) is 13.3. The maximum Gasteiger partial charge on any atom is 0.346 e. The fraction of sp³-hybridized carbons (Fsp3) is 0.217. The summed E-state index contributed by atoms with van der Waals surface area (Å²) in [5.74, 6) is 0.453. The van der Waals surface area contributed by atoms with Crippen LogP contribution in [0.4, 0.5) is 0 Å². The van der Waals surface area contributed by atoms with Crippen LogP contribution in [0, 0.1) is 0 Å². The van der Waals surface area contributed by atoms with Crippen LogP contribution in [0.5, 0.6) is 0 Å². The summed E-state index contributed by atoms with van der Waals surface area (Å²) < 4.78 is 5.15. The Morgan fingerprint density at radius 1 is 1.06 bits per heavy atom. The average molecular weight is 414 g/mol. The van der Waals surface area contributed by atoms with Crippen LogP contribution in [0.3, 0.4) is 0 Å². The largest absolute Gasteiger partial charge is 0.350 e. The second-order valence-electron chi connectivity index (χ2n) is 7.57. The smallest absolute Gasteiger partial charge is 0.346 e. The van der Waals surface area contributed by atoms with Gasteiger partial charge in [0.15, 0.2) is 5.82 Å². The molecule has 156 valence electrons. The van der Waals surface area contributed by atoms with Crippen LogP contribution in [0.1, 0.15) is 29.2 Å². The number of benzene rings is 1. The monoisotopic (exact) mass is 414 g/mol. The number of hydrogen-bond donors (Lipinski definition) is 1. The molecule has 1 amide bonds. The third kappa shape index (κ3) is 3.92. The van der Waals surface area contributed by atoms with Gasteiger partial charge in [0.2, 0.25) is 0 Å². The van der Waals surface area contributed by atoms with Gasteiger partial charge in [-0.15, -0.1) is 5.10 Å². The van der Waals surface area contributed by atoms with E-state index >= 15 is 0 Å². The van der Waals surface area contributed by atoms with Crippen LogP contribution in [0.25, 0.3) is 17.1 Å². The molecule has 1 aliphatic rings. The van der Waals surface area contributed by atoms with Gasteiger partial charge in [-0.05, 0) is 61.4 Å². The number of carbonyl (C=O) groups is 1. The van der Waals surface area contributed by atoms with E-state index < -0.39 is 0 Å². The van der Waals surface area contributed by atoms with Crippen molar-refractivity contribution in [1.82, 2.24) is 29.2 Å². The van der Waals surface area contributed by atoms with Crippen LogP contribution < -0.4 is 11.0 Å². The van der Waals surface area contributed by atoms with E-state index in [2.05, 4.69) is 15.4 Å². The molecule has 1 saturated carbocycles. The number of nitrogens with one attached hydrogen (secondary N) is 1. The van der Waals surface area contributed by atoms with E-state index in [0.29, 0.717) is 24.5 Å². The first kappa shape index (κ1) is 19.0. The first-order valence-electron chi connectivity index (χ1n) is 10.3. The summed E-state index contributed by atoms with van der Waals surface area (Å²) in [7, 11) is 0. The van der Waals surface area contributed by atoms with Gasteiger partial charge in [0.05, 0.1) is 6.54 Å². The van der Waals surface area contributed by atoms with Gasteiger partial charge in [-0.25, -0.2) is 9.48 Å². The lowest BCUT2D eigenvalue weighted by molar-refractivity contribution is 0.0952. The van der Waals surface area contributed by atoms with Crippen molar-refractivity contribution in [2.24, 2.45) is 0 Å². The lowest BCUT2D eigenvalue weighted by Crippen LogP contribution is -2.32. The topological polar surface area (TPSA) is 86.7 Å². The molecule has 0 unspecified atom stereocenters. The van der Waals surface area contributed by atoms with Crippen LogP contribution in [0.2, 0.25) is 0 Å². The second kappa shape index (κ2) is 8.06. The fourth-order valence-corrected chi connectivity index (χ4v) is 3.59. The Bertz CT molecular complexity index is 1240. The van der Waals surface area contributed by atoms with Gasteiger partial charge in [-0.1, -0.05) is 0 Å². The summed E-state index contributed by atoms with van der Waals surface area (Å²) in [4.78, 5) is 29.5. The first-order valence-corrected chi connectivity index (χ1v) is 10.3. The number of rotatable bonds is 7. The standard InChI is InChI=1S/C23H22N6O2/c30-22(17-5-7-19(8-6-17)27-13-1-2-14-27)25-12-15-28-23(31)29(20-9-10-20)21(26-28)18-4-3-11-24-16-18/h1-8,11,13-14,16,20H,9-10,12,15H2,(H,25,30). The number of hydrogen-bond acceptors (Lipinski definition) is 4. The summed E-state index contributed by atoms with van der Waals surface area (Å²) >= 11 is 0. The Balaban J connectivity index is 1.26. The number of amides is 1. The van der Waals surface area contributed by atoms with Crippen molar-refractivity contribution in [2.75, 3.05) is 6.54 Å². The number of pyridine rings is 1. The molecular weight excluding hydrogens is 392 g/mol. The number of nitrogens with zero attached hydrogens (tertiary/aromatic N) is 5. The molecular formula is C23H22N6O2. The van der Waals surface area contributed by atoms with Gasteiger partial charge in [-0.3, -0.25) is 14.3 Å². The molecule has 8 heteroatoms. The predicted molar refractivity (Wildman–Crippen MR) is 116 cm³/mol. The fourth-order valence-electron chi connectivity index (χ4n) is 3.59. The van der Waals surface area contributed by atoms with Gasteiger partial charge in [-0.2, -0.15) is 0 Å². The van der Waals surface area contributed by atoms with Crippen LogP contribution in [0.15, 0.2) is 78.1 Å². The van der Waals surface area contributed by atoms with E-state index in [1.807, 2.05) is 53.4 Å². The van der Waals surface area contributed by atoms with Gasteiger partial charge < -0.3 is 9.88 Å². The van der Waals surface area contributed by atoms with Crippen molar-refractivity contribution >= 4 is 5.91 Å². The molecule has 0 bridgehead atoms. The van der Waals surface area contributed by atoms with Gasteiger partial charge >= 0.3 is 5.69 Å². The van der Waals surface area contributed by atoms with Crippen molar-refractivity contribution in [1.29, 1.82) is 0 Å². The first-order chi connectivity index (χ1) is 15.2. The highest BCUT2D eigenvalue weighted by molar-refractivity contribution is 5.94. The Labute approximate surface area is 178 Å². The quantitative estimate of drug-likeness (QED) is 0.504. The molecule has 0 atom stereocenters. The van der Waals surface area contributed by atoms with Crippen LogP contribution in [-0.2, 0) is 6.54 Å². The van der Waals surface area contributed by atoms with Crippen molar-refractivity contribution in [3.63, 3.8) is 0 Å². The highest BCUT2D eigenvalue weighted by Gasteiger charge is 2.30. The highest BCUT2D eigenvalue weighted by atomic mass is 16.2. The molecule has 4 aromatic rings.